The summed E-state index contributed by atoms with van der Waals surface area (Å²) in [6, 6.07) is 25.6. The van der Waals surface area contributed by atoms with E-state index in [0.29, 0.717) is 12.2 Å². The molecule has 4 rings (SSSR count). The van der Waals surface area contributed by atoms with Gasteiger partial charge in [0.25, 0.3) is 0 Å². The molecule has 0 saturated carbocycles. The maximum atomic E-state index is 13.4. The molecule has 4 nitrogen and oxygen atoms in total. The minimum atomic E-state index is -0.307. The van der Waals surface area contributed by atoms with E-state index < -0.39 is 0 Å². The van der Waals surface area contributed by atoms with Crippen molar-refractivity contribution in [3.8, 4) is 16.9 Å². The van der Waals surface area contributed by atoms with Gasteiger partial charge in [0.1, 0.15) is 5.82 Å². The summed E-state index contributed by atoms with van der Waals surface area (Å²) in [5.41, 5.74) is 4.14. The van der Waals surface area contributed by atoms with Gasteiger partial charge >= 0.3 is 0 Å². The number of nitrogens with one attached hydrogen (secondary N) is 1. The summed E-state index contributed by atoms with van der Waals surface area (Å²) in [5, 5.41) is 7.53. The highest BCUT2D eigenvalue weighted by molar-refractivity contribution is 5.92. The number of hydrogen-bond donors (Lipinski definition) is 1. The van der Waals surface area contributed by atoms with E-state index in [4.69, 9.17) is 0 Å². The molecule has 1 heterocycles. The molecule has 0 atom stereocenters. The molecule has 0 aliphatic rings. The van der Waals surface area contributed by atoms with Gasteiger partial charge in [-0.05, 0) is 48.0 Å². The van der Waals surface area contributed by atoms with Crippen LogP contribution in [-0.2, 0) is 11.3 Å². The number of para-hydroxylation sites is 1. The SMILES string of the molecule is O=C(/C=C/c1cn(-c2ccccc2)nc1-c1ccc(F)cc1)NCc1ccccc1. The Kier molecular flexibility index (Phi) is 5.80. The van der Waals surface area contributed by atoms with Crippen molar-refractivity contribution in [3.63, 3.8) is 0 Å². The highest BCUT2D eigenvalue weighted by Crippen LogP contribution is 2.25. The monoisotopic (exact) mass is 397 g/mol. The van der Waals surface area contributed by atoms with Crippen LogP contribution in [0.3, 0.4) is 0 Å². The highest BCUT2D eigenvalue weighted by Gasteiger charge is 2.11. The molecule has 4 aromatic rings. The third-order valence-corrected chi connectivity index (χ3v) is 4.60. The van der Waals surface area contributed by atoms with Crippen molar-refractivity contribution in [2.45, 2.75) is 6.54 Å². The maximum Gasteiger partial charge on any atom is 0.244 e. The predicted molar refractivity (Wildman–Crippen MR) is 116 cm³/mol. The molecule has 30 heavy (non-hydrogen) atoms. The molecule has 0 radical (unpaired) electrons. The summed E-state index contributed by atoms with van der Waals surface area (Å²) in [5.74, 6) is -0.505. The first-order valence-corrected chi connectivity index (χ1v) is 9.60. The van der Waals surface area contributed by atoms with Crippen LogP contribution < -0.4 is 5.32 Å². The van der Waals surface area contributed by atoms with Crippen LogP contribution in [0.15, 0.2) is 97.2 Å². The largest absolute Gasteiger partial charge is 0.348 e. The smallest absolute Gasteiger partial charge is 0.244 e. The molecule has 3 aromatic carbocycles. The van der Waals surface area contributed by atoms with Crippen molar-refractivity contribution in [1.82, 2.24) is 15.1 Å². The van der Waals surface area contributed by atoms with Crippen molar-refractivity contribution in [2.75, 3.05) is 0 Å². The van der Waals surface area contributed by atoms with Crippen molar-refractivity contribution in [1.29, 1.82) is 0 Å². The Morgan fingerprint density at radius 2 is 1.60 bits per heavy atom. The summed E-state index contributed by atoms with van der Waals surface area (Å²) in [4.78, 5) is 12.3. The number of aromatic nitrogens is 2. The van der Waals surface area contributed by atoms with Crippen molar-refractivity contribution in [3.05, 3.63) is 114 Å². The van der Waals surface area contributed by atoms with Gasteiger partial charge in [-0.1, -0.05) is 48.5 Å². The predicted octanol–water partition coefficient (Wildman–Crippen LogP) is 5.01. The number of amides is 1. The van der Waals surface area contributed by atoms with Crippen LogP contribution in [-0.4, -0.2) is 15.7 Å². The zero-order valence-electron chi connectivity index (χ0n) is 16.2. The van der Waals surface area contributed by atoms with E-state index in [0.717, 1.165) is 22.4 Å². The van der Waals surface area contributed by atoms with Crippen LogP contribution in [0, 0.1) is 5.82 Å². The second kappa shape index (κ2) is 9.01. The van der Waals surface area contributed by atoms with Gasteiger partial charge in [0.2, 0.25) is 5.91 Å². The number of hydrogen-bond acceptors (Lipinski definition) is 2. The molecule has 148 valence electrons. The third-order valence-electron chi connectivity index (χ3n) is 4.60. The maximum absolute atomic E-state index is 13.4. The van der Waals surface area contributed by atoms with Crippen molar-refractivity contribution in [2.24, 2.45) is 0 Å². The quantitative estimate of drug-likeness (QED) is 0.465. The molecule has 1 aromatic heterocycles. The summed E-state index contributed by atoms with van der Waals surface area (Å²) >= 11 is 0. The number of halogens is 1. The molecular formula is C25H20FN3O. The highest BCUT2D eigenvalue weighted by atomic mass is 19.1. The van der Waals surface area contributed by atoms with Gasteiger partial charge in [0.05, 0.1) is 11.4 Å². The average molecular weight is 397 g/mol. The first-order chi connectivity index (χ1) is 14.7. The van der Waals surface area contributed by atoms with Gasteiger partial charge < -0.3 is 5.32 Å². The van der Waals surface area contributed by atoms with Crippen LogP contribution in [0.5, 0.6) is 0 Å². The summed E-state index contributed by atoms with van der Waals surface area (Å²) in [6.07, 6.45) is 5.07. The molecule has 0 aliphatic carbocycles. The molecule has 1 amide bonds. The van der Waals surface area contributed by atoms with Gasteiger partial charge in [-0.2, -0.15) is 5.10 Å². The Morgan fingerprint density at radius 3 is 2.30 bits per heavy atom. The molecule has 0 spiro atoms. The third kappa shape index (κ3) is 4.70. The molecular weight excluding hydrogens is 377 g/mol. The van der Waals surface area contributed by atoms with Gasteiger partial charge in [0.15, 0.2) is 0 Å². The van der Waals surface area contributed by atoms with E-state index in [1.807, 2.05) is 66.9 Å². The second-order valence-corrected chi connectivity index (χ2v) is 6.76. The molecule has 5 heteroatoms. The minimum absolute atomic E-state index is 0.198. The van der Waals surface area contributed by atoms with Gasteiger partial charge in [-0.15, -0.1) is 0 Å². The van der Waals surface area contributed by atoms with Crippen LogP contribution in [0.25, 0.3) is 23.0 Å². The van der Waals surface area contributed by atoms with Crippen LogP contribution in [0.4, 0.5) is 4.39 Å². The summed E-state index contributed by atoms with van der Waals surface area (Å²) in [7, 11) is 0. The van der Waals surface area contributed by atoms with E-state index in [1.165, 1.54) is 18.2 Å². The van der Waals surface area contributed by atoms with Crippen molar-refractivity contribution >= 4 is 12.0 Å². The molecule has 0 unspecified atom stereocenters. The standard InChI is InChI=1S/C25H20FN3O/c26-22-14-11-20(12-15-22)25-21(18-29(28-25)23-9-5-2-6-10-23)13-16-24(30)27-17-19-7-3-1-4-8-19/h1-16,18H,17H2,(H,27,30)/b16-13+. The molecule has 0 fully saturated rings. The molecule has 0 saturated heterocycles. The lowest BCUT2D eigenvalue weighted by atomic mass is 10.1. The second-order valence-electron chi connectivity index (χ2n) is 6.76. The first kappa shape index (κ1) is 19.3. The molecule has 1 N–H and O–H groups in total. The van der Waals surface area contributed by atoms with E-state index in [2.05, 4.69) is 10.4 Å². The lowest BCUT2D eigenvalue weighted by Crippen LogP contribution is -2.20. The van der Waals surface area contributed by atoms with Crippen LogP contribution in [0.1, 0.15) is 11.1 Å². The topological polar surface area (TPSA) is 46.9 Å². The van der Waals surface area contributed by atoms with Crippen LogP contribution >= 0.6 is 0 Å². The minimum Gasteiger partial charge on any atom is -0.348 e. The Hall–Kier alpha value is -3.99. The van der Waals surface area contributed by atoms with Crippen LogP contribution in [0.2, 0.25) is 0 Å². The Labute approximate surface area is 174 Å². The number of rotatable bonds is 6. The van der Waals surface area contributed by atoms with Gasteiger partial charge in [-0.3, -0.25) is 4.79 Å². The van der Waals surface area contributed by atoms with E-state index in [1.54, 1.807) is 22.9 Å². The fraction of sp³-hybridized carbons (Fsp3) is 0.0400. The Morgan fingerprint density at radius 1 is 0.933 bits per heavy atom. The first-order valence-electron chi connectivity index (χ1n) is 9.60. The summed E-state index contributed by atoms with van der Waals surface area (Å²) in [6.45, 7) is 0.456. The van der Waals surface area contributed by atoms with E-state index in [9.17, 15) is 9.18 Å². The number of nitrogens with zero attached hydrogens (tertiary/aromatic N) is 2. The van der Waals surface area contributed by atoms with Crippen molar-refractivity contribution < 1.29 is 9.18 Å². The van der Waals surface area contributed by atoms with E-state index in [-0.39, 0.29) is 11.7 Å². The normalized spacial score (nSPS) is 11.0. The Bertz CT molecular complexity index is 1150. The van der Waals surface area contributed by atoms with Gasteiger partial charge in [-0.25, -0.2) is 9.07 Å². The number of benzene rings is 3. The van der Waals surface area contributed by atoms with E-state index >= 15 is 0 Å². The summed E-state index contributed by atoms with van der Waals surface area (Å²) < 4.78 is 15.1. The van der Waals surface area contributed by atoms with Gasteiger partial charge in [0, 0.05) is 29.9 Å². The lowest BCUT2D eigenvalue weighted by molar-refractivity contribution is -0.116. The fourth-order valence-corrected chi connectivity index (χ4v) is 3.06. The fourth-order valence-electron chi connectivity index (χ4n) is 3.06. The number of carbonyl (C=O) groups is 1. The average Bonchev–Trinajstić information content (AvgIpc) is 3.22. The zero-order chi connectivity index (χ0) is 20.8. The molecule has 0 aliphatic heterocycles. The zero-order valence-corrected chi connectivity index (χ0v) is 16.2. The number of carbonyl (C=O) groups excluding carboxylic acids is 1. The lowest BCUT2D eigenvalue weighted by Gasteiger charge is -2.02. The molecule has 0 bridgehead atoms. The Balaban J connectivity index is 1.59.